The SMILES string of the molecule is O=C(NC1CC1)N1CCOCC1c1ccn[nH]1. The Hall–Kier alpha value is -1.56. The van der Waals surface area contributed by atoms with Gasteiger partial charge in [-0.25, -0.2) is 4.79 Å². The second kappa shape index (κ2) is 4.37. The van der Waals surface area contributed by atoms with Crippen LogP contribution in [-0.4, -0.2) is 46.9 Å². The Balaban J connectivity index is 1.72. The predicted molar refractivity (Wildman–Crippen MR) is 60.4 cm³/mol. The number of aromatic amines is 1. The summed E-state index contributed by atoms with van der Waals surface area (Å²) in [6, 6.07) is 2.23. The third-order valence-electron chi connectivity index (χ3n) is 3.18. The molecule has 0 radical (unpaired) electrons. The van der Waals surface area contributed by atoms with Gasteiger partial charge in [0.1, 0.15) is 0 Å². The van der Waals surface area contributed by atoms with Gasteiger partial charge < -0.3 is 15.0 Å². The molecule has 1 aliphatic heterocycles. The van der Waals surface area contributed by atoms with Gasteiger partial charge in [-0.1, -0.05) is 0 Å². The molecule has 17 heavy (non-hydrogen) atoms. The van der Waals surface area contributed by atoms with E-state index >= 15 is 0 Å². The quantitative estimate of drug-likeness (QED) is 0.792. The summed E-state index contributed by atoms with van der Waals surface area (Å²) in [5.74, 6) is 0. The number of hydrogen-bond acceptors (Lipinski definition) is 3. The fourth-order valence-corrected chi connectivity index (χ4v) is 2.04. The highest BCUT2D eigenvalue weighted by atomic mass is 16.5. The van der Waals surface area contributed by atoms with Crippen molar-refractivity contribution >= 4 is 6.03 Å². The zero-order valence-electron chi connectivity index (χ0n) is 9.56. The molecule has 1 saturated heterocycles. The van der Waals surface area contributed by atoms with E-state index in [1.54, 1.807) is 6.20 Å². The Morgan fingerprint density at radius 3 is 3.18 bits per heavy atom. The minimum atomic E-state index is -0.0509. The number of carbonyl (C=O) groups excluding carboxylic acids is 1. The fraction of sp³-hybridized carbons (Fsp3) is 0.636. The molecule has 2 heterocycles. The van der Waals surface area contributed by atoms with Crippen molar-refractivity contribution in [2.45, 2.75) is 24.9 Å². The van der Waals surface area contributed by atoms with Crippen LogP contribution in [-0.2, 0) is 4.74 Å². The van der Waals surface area contributed by atoms with Crippen molar-refractivity contribution in [2.75, 3.05) is 19.8 Å². The summed E-state index contributed by atoms with van der Waals surface area (Å²) in [6.45, 7) is 1.76. The Morgan fingerprint density at radius 2 is 2.47 bits per heavy atom. The van der Waals surface area contributed by atoms with Crippen molar-refractivity contribution in [1.29, 1.82) is 0 Å². The van der Waals surface area contributed by atoms with Gasteiger partial charge >= 0.3 is 6.03 Å². The maximum Gasteiger partial charge on any atom is 0.318 e. The molecule has 2 amide bonds. The number of aromatic nitrogens is 2. The molecule has 92 valence electrons. The van der Waals surface area contributed by atoms with E-state index in [0.717, 1.165) is 18.5 Å². The Kier molecular flexibility index (Phi) is 2.72. The van der Waals surface area contributed by atoms with Crippen LogP contribution in [0.4, 0.5) is 4.79 Å². The van der Waals surface area contributed by atoms with Crippen molar-refractivity contribution < 1.29 is 9.53 Å². The number of ether oxygens (including phenoxy) is 1. The lowest BCUT2D eigenvalue weighted by molar-refractivity contribution is 0.0101. The van der Waals surface area contributed by atoms with Gasteiger partial charge in [-0.15, -0.1) is 0 Å². The van der Waals surface area contributed by atoms with E-state index in [9.17, 15) is 4.79 Å². The van der Waals surface area contributed by atoms with Crippen molar-refractivity contribution in [3.8, 4) is 0 Å². The normalized spacial score (nSPS) is 24.7. The highest BCUT2D eigenvalue weighted by molar-refractivity contribution is 5.75. The highest BCUT2D eigenvalue weighted by Gasteiger charge is 2.32. The number of rotatable bonds is 2. The molecule has 0 bridgehead atoms. The van der Waals surface area contributed by atoms with Gasteiger partial charge in [0.25, 0.3) is 0 Å². The maximum atomic E-state index is 12.1. The molecule has 1 saturated carbocycles. The van der Waals surface area contributed by atoms with Gasteiger partial charge in [0.15, 0.2) is 0 Å². The molecule has 2 aliphatic rings. The van der Waals surface area contributed by atoms with Gasteiger partial charge in [-0.2, -0.15) is 5.10 Å². The Labute approximate surface area is 99.3 Å². The first-order valence-electron chi connectivity index (χ1n) is 5.99. The lowest BCUT2D eigenvalue weighted by atomic mass is 10.1. The molecule has 1 atom stereocenters. The lowest BCUT2D eigenvalue weighted by Crippen LogP contribution is -2.48. The first kappa shape index (κ1) is 10.6. The predicted octanol–water partition coefficient (Wildman–Crippen LogP) is 0.655. The molecule has 1 unspecified atom stereocenters. The van der Waals surface area contributed by atoms with Crippen molar-refractivity contribution in [1.82, 2.24) is 20.4 Å². The van der Waals surface area contributed by atoms with Crippen LogP contribution < -0.4 is 5.32 Å². The highest BCUT2D eigenvalue weighted by Crippen LogP contribution is 2.24. The Bertz CT molecular complexity index is 388. The second-order valence-electron chi connectivity index (χ2n) is 4.52. The van der Waals surface area contributed by atoms with Crippen LogP contribution in [0, 0.1) is 0 Å². The van der Waals surface area contributed by atoms with Gasteiger partial charge in [-0.05, 0) is 18.9 Å². The maximum absolute atomic E-state index is 12.1. The van der Waals surface area contributed by atoms with E-state index in [0.29, 0.717) is 25.8 Å². The van der Waals surface area contributed by atoms with E-state index in [1.165, 1.54) is 0 Å². The molecule has 2 N–H and O–H groups in total. The topological polar surface area (TPSA) is 70.2 Å². The third kappa shape index (κ3) is 2.26. The number of H-pyrrole nitrogens is 1. The molecule has 0 aromatic carbocycles. The molecular formula is C11H16N4O2. The first-order valence-corrected chi connectivity index (χ1v) is 5.99. The number of hydrogen-bond donors (Lipinski definition) is 2. The van der Waals surface area contributed by atoms with E-state index in [4.69, 9.17) is 4.74 Å². The van der Waals surface area contributed by atoms with Gasteiger partial charge in [0.2, 0.25) is 0 Å². The summed E-state index contributed by atoms with van der Waals surface area (Å²) in [5.41, 5.74) is 0.927. The van der Waals surface area contributed by atoms with Crippen LogP contribution in [0.2, 0.25) is 0 Å². The molecule has 1 aromatic heterocycles. The van der Waals surface area contributed by atoms with E-state index in [1.807, 2.05) is 11.0 Å². The molecule has 6 nitrogen and oxygen atoms in total. The number of urea groups is 1. The summed E-state index contributed by atoms with van der Waals surface area (Å²) in [6.07, 6.45) is 3.90. The molecule has 1 aliphatic carbocycles. The smallest absolute Gasteiger partial charge is 0.318 e. The number of nitrogens with zero attached hydrogens (tertiary/aromatic N) is 2. The largest absolute Gasteiger partial charge is 0.377 e. The van der Waals surface area contributed by atoms with Crippen molar-refractivity contribution in [3.05, 3.63) is 18.0 Å². The number of morpholine rings is 1. The average molecular weight is 236 g/mol. The molecular weight excluding hydrogens is 220 g/mol. The van der Waals surface area contributed by atoms with Crippen LogP contribution in [0.1, 0.15) is 24.6 Å². The van der Waals surface area contributed by atoms with Crippen LogP contribution in [0.15, 0.2) is 12.3 Å². The van der Waals surface area contributed by atoms with E-state index in [2.05, 4.69) is 15.5 Å². The molecule has 3 rings (SSSR count). The first-order chi connectivity index (χ1) is 8.34. The summed E-state index contributed by atoms with van der Waals surface area (Å²) >= 11 is 0. The second-order valence-corrected chi connectivity index (χ2v) is 4.52. The number of amides is 2. The number of carbonyl (C=O) groups is 1. The van der Waals surface area contributed by atoms with Crippen LogP contribution in [0.25, 0.3) is 0 Å². The molecule has 0 spiro atoms. The summed E-state index contributed by atoms with van der Waals surface area (Å²) in [5, 5.41) is 9.85. The lowest BCUT2D eigenvalue weighted by Gasteiger charge is -2.34. The van der Waals surface area contributed by atoms with Crippen molar-refractivity contribution in [2.24, 2.45) is 0 Å². The monoisotopic (exact) mass is 236 g/mol. The minimum Gasteiger partial charge on any atom is -0.377 e. The summed E-state index contributed by atoms with van der Waals surface area (Å²) in [4.78, 5) is 13.9. The third-order valence-corrected chi connectivity index (χ3v) is 3.18. The standard InChI is InChI=1S/C11H16N4O2/c16-11(13-8-1-2-8)15-5-6-17-7-10(15)9-3-4-12-14-9/h3-4,8,10H,1-2,5-7H2,(H,12,14)(H,13,16). The molecule has 1 aromatic rings. The zero-order chi connectivity index (χ0) is 11.7. The number of nitrogens with one attached hydrogen (secondary N) is 2. The molecule has 2 fully saturated rings. The average Bonchev–Trinajstić information content (AvgIpc) is 3.00. The summed E-state index contributed by atoms with van der Waals surface area (Å²) < 4.78 is 5.44. The zero-order valence-corrected chi connectivity index (χ0v) is 9.56. The van der Waals surface area contributed by atoms with Gasteiger partial charge in [0.05, 0.1) is 24.9 Å². The van der Waals surface area contributed by atoms with E-state index < -0.39 is 0 Å². The van der Waals surface area contributed by atoms with E-state index in [-0.39, 0.29) is 12.1 Å². The molecule has 6 heteroatoms. The minimum absolute atomic E-state index is 0.00963. The van der Waals surface area contributed by atoms with Crippen LogP contribution in [0.3, 0.4) is 0 Å². The Morgan fingerprint density at radius 1 is 1.59 bits per heavy atom. The van der Waals surface area contributed by atoms with Crippen LogP contribution >= 0.6 is 0 Å². The fourth-order valence-electron chi connectivity index (χ4n) is 2.04. The van der Waals surface area contributed by atoms with Gasteiger partial charge in [0, 0.05) is 18.8 Å². The van der Waals surface area contributed by atoms with Crippen molar-refractivity contribution in [3.63, 3.8) is 0 Å². The van der Waals surface area contributed by atoms with Crippen LogP contribution in [0.5, 0.6) is 0 Å². The summed E-state index contributed by atoms with van der Waals surface area (Å²) in [7, 11) is 0. The van der Waals surface area contributed by atoms with Gasteiger partial charge in [-0.3, -0.25) is 5.10 Å².